The lowest BCUT2D eigenvalue weighted by molar-refractivity contribution is 0.187. The number of methoxy groups -OCH3 is 1. The molecule has 0 aliphatic rings. The first-order valence-electron chi connectivity index (χ1n) is 7.70. The number of anilines is 2. The fourth-order valence-corrected chi connectivity index (χ4v) is 2.05. The smallest absolute Gasteiger partial charge is 0.411 e. The van der Waals surface area contributed by atoms with Crippen molar-refractivity contribution >= 4 is 47.4 Å². The average Bonchev–Trinajstić information content (AvgIpc) is 2.61. The van der Waals surface area contributed by atoms with Crippen molar-refractivity contribution < 1.29 is 9.53 Å². The van der Waals surface area contributed by atoms with Crippen molar-refractivity contribution in [2.24, 2.45) is 10.7 Å². The van der Waals surface area contributed by atoms with Crippen LogP contribution in [0.3, 0.4) is 0 Å². The number of aliphatic imine (C=N–C) groups is 1. The molecule has 0 heterocycles. The molecule has 2 aromatic carbocycles. The van der Waals surface area contributed by atoms with Crippen LogP contribution in [-0.4, -0.2) is 19.2 Å². The summed E-state index contributed by atoms with van der Waals surface area (Å²) in [7, 11) is 1.32. The Kier molecular flexibility index (Phi) is 8.76. The zero-order chi connectivity index (χ0) is 17.4. The molecule has 25 heavy (non-hydrogen) atoms. The number of nitrogens with one attached hydrogen (secondary N) is 2. The third-order valence-electron chi connectivity index (χ3n) is 3.45. The third kappa shape index (κ3) is 7.00. The van der Waals surface area contributed by atoms with E-state index >= 15 is 0 Å². The van der Waals surface area contributed by atoms with Gasteiger partial charge in [-0.1, -0.05) is 31.2 Å². The van der Waals surface area contributed by atoms with Gasteiger partial charge in [0.15, 0.2) is 5.96 Å². The van der Waals surface area contributed by atoms with Gasteiger partial charge in [0.05, 0.1) is 13.7 Å². The quantitative estimate of drug-likeness (QED) is 0.363. The number of carbonyl (C=O) groups is 1. The minimum Gasteiger partial charge on any atom is -0.453 e. The van der Waals surface area contributed by atoms with Crippen molar-refractivity contribution in [3.63, 3.8) is 0 Å². The molecule has 1 amide bonds. The number of amides is 1. The van der Waals surface area contributed by atoms with E-state index in [1.807, 2.05) is 24.3 Å². The first kappa shape index (κ1) is 20.8. The normalized spacial score (nSPS) is 10.6. The van der Waals surface area contributed by atoms with E-state index in [1.165, 1.54) is 12.7 Å². The summed E-state index contributed by atoms with van der Waals surface area (Å²) in [5, 5.41) is 5.65. The molecule has 0 radical (unpaired) electrons. The molecule has 0 aromatic heterocycles. The highest BCUT2D eigenvalue weighted by Gasteiger charge is 2.00. The first-order chi connectivity index (χ1) is 11.6. The van der Waals surface area contributed by atoms with Crippen LogP contribution in [0.5, 0.6) is 0 Å². The van der Waals surface area contributed by atoms with Gasteiger partial charge in [0.25, 0.3) is 0 Å². The van der Waals surface area contributed by atoms with Crippen molar-refractivity contribution in [3.8, 4) is 0 Å². The molecular formula is C18H23IN4O2. The summed E-state index contributed by atoms with van der Waals surface area (Å²) in [5.74, 6) is 0.357. The maximum absolute atomic E-state index is 11.1. The topological polar surface area (TPSA) is 88.7 Å². The van der Waals surface area contributed by atoms with E-state index in [0.717, 1.165) is 17.7 Å². The zero-order valence-corrected chi connectivity index (χ0v) is 16.6. The SMILES string of the molecule is CCc1ccc(NC(N)=NCc2ccc(NC(=O)OC)cc2)cc1.I. The number of aryl methyl sites for hydroxylation is 1. The molecule has 4 N–H and O–H groups in total. The predicted molar refractivity (Wildman–Crippen MR) is 113 cm³/mol. The van der Waals surface area contributed by atoms with Gasteiger partial charge in [-0.2, -0.15) is 0 Å². The summed E-state index contributed by atoms with van der Waals surface area (Å²) in [6.45, 7) is 2.56. The molecule has 0 bridgehead atoms. The number of carbonyl (C=O) groups excluding carboxylic acids is 1. The highest BCUT2D eigenvalue weighted by atomic mass is 127. The third-order valence-corrected chi connectivity index (χ3v) is 3.45. The van der Waals surface area contributed by atoms with E-state index in [-0.39, 0.29) is 24.0 Å². The van der Waals surface area contributed by atoms with E-state index in [0.29, 0.717) is 18.2 Å². The lowest BCUT2D eigenvalue weighted by atomic mass is 10.1. The van der Waals surface area contributed by atoms with Crippen molar-refractivity contribution in [3.05, 3.63) is 59.7 Å². The largest absolute Gasteiger partial charge is 0.453 e. The number of nitrogens with two attached hydrogens (primary N) is 1. The molecule has 0 aliphatic heterocycles. The molecule has 0 saturated heterocycles. The predicted octanol–water partition coefficient (Wildman–Crippen LogP) is 3.97. The van der Waals surface area contributed by atoms with Crippen molar-refractivity contribution in [1.82, 2.24) is 0 Å². The minimum absolute atomic E-state index is 0. The van der Waals surface area contributed by atoms with Crippen LogP contribution < -0.4 is 16.4 Å². The van der Waals surface area contributed by atoms with Crippen LogP contribution in [-0.2, 0) is 17.7 Å². The van der Waals surface area contributed by atoms with Crippen LogP contribution in [0.2, 0.25) is 0 Å². The fourth-order valence-electron chi connectivity index (χ4n) is 2.05. The van der Waals surface area contributed by atoms with Gasteiger partial charge >= 0.3 is 6.09 Å². The Morgan fingerprint density at radius 1 is 1.00 bits per heavy atom. The number of rotatable bonds is 5. The van der Waals surface area contributed by atoms with Crippen LogP contribution in [0.25, 0.3) is 0 Å². The number of hydrogen-bond acceptors (Lipinski definition) is 3. The van der Waals surface area contributed by atoms with Gasteiger partial charge in [0.1, 0.15) is 0 Å². The molecule has 0 unspecified atom stereocenters. The highest BCUT2D eigenvalue weighted by molar-refractivity contribution is 14.0. The minimum atomic E-state index is -0.497. The summed E-state index contributed by atoms with van der Waals surface area (Å²) in [6.07, 6.45) is 0.508. The van der Waals surface area contributed by atoms with E-state index in [2.05, 4.69) is 39.4 Å². The molecule has 2 aromatic rings. The summed E-state index contributed by atoms with van der Waals surface area (Å²) in [6, 6.07) is 15.4. The molecule has 134 valence electrons. The van der Waals surface area contributed by atoms with E-state index in [1.54, 1.807) is 12.1 Å². The summed E-state index contributed by atoms with van der Waals surface area (Å²) >= 11 is 0. The van der Waals surface area contributed by atoms with Gasteiger partial charge < -0.3 is 15.8 Å². The van der Waals surface area contributed by atoms with Crippen LogP contribution in [0, 0.1) is 0 Å². The number of benzene rings is 2. The Hall–Kier alpha value is -2.29. The summed E-state index contributed by atoms with van der Waals surface area (Å²) in [5.41, 5.74) is 9.73. The molecule has 0 spiro atoms. The van der Waals surface area contributed by atoms with E-state index in [4.69, 9.17) is 5.73 Å². The van der Waals surface area contributed by atoms with E-state index < -0.39 is 6.09 Å². The first-order valence-corrected chi connectivity index (χ1v) is 7.70. The Balaban J connectivity index is 0.00000312. The maximum Gasteiger partial charge on any atom is 0.411 e. The molecule has 0 aliphatic carbocycles. The van der Waals surface area contributed by atoms with E-state index in [9.17, 15) is 4.79 Å². The summed E-state index contributed by atoms with van der Waals surface area (Å²) < 4.78 is 4.54. The molecule has 0 atom stereocenters. The Morgan fingerprint density at radius 2 is 1.52 bits per heavy atom. The molecule has 0 saturated carbocycles. The lowest BCUT2D eigenvalue weighted by Crippen LogP contribution is -2.22. The number of halogens is 1. The van der Waals surface area contributed by atoms with Crippen molar-refractivity contribution in [1.29, 1.82) is 0 Å². The van der Waals surface area contributed by atoms with Gasteiger partial charge in [-0.3, -0.25) is 5.32 Å². The molecule has 6 nitrogen and oxygen atoms in total. The monoisotopic (exact) mass is 454 g/mol. The van der Waals surface area contributed by atoms with Gasteiger partial charge in [0, 0.05) is 11.4 Å². The second-order valence-electron chi connectivity index (χ2n) is 5.19. The Morgan fingerprint density at radius 3 is 2.04 bits per heavy atom. The summed E-state index contributed by atoms with van der Waals surface area (Å²) in [4.78, 5) is 15.4. The Bertz CT molecular complexity index is 700. The molecule has 0 fully saturated rings. The molecule has 2 rings (SSSR count). The second-order valence-corrected chi connectivity index (χ2v) is 5.19. The van der Waals surface area contributed by atoms with Gasteiger partial charge in [0.2, 0.25) is 0 Å². The standard InChI is InChI=1S/C18H22N4O2.HI/c1-3-13-4-8-15(9-5-13)21-17(19)20-12-14-6-10-16(11-7-14)22-18(23)24-2;/h4-11H,3,12H2,1-2H3,(H,22,23)(H3,19,20,21);1H. The number of nitrogens with zero attached hydrogens (tertiary/aromatic N) is 1. The number of ether oxygens (including phenoxy) is 1. The van der Waals surface area contributed by atoms with Crippen LogP contribution in [0.4, 0.5) is 16.2 Å². The van der Waals surface area contributed by atoms with Crippen LogP contribution in [0.1, 0.15) is 18.1 Å². The zero-order valence-electron chi connectivity index (χ0n) is 14.3. The maximum atomic E-state index is 11.1. The average molecular weight is 454 g/mol. The number of hydrogen-bond donors (Lipinski definition) is 3. The van der Waals surface area contributed by atoms with Crippen molar-refractivity contribution in [2.75, 3.05) is 17.7 Å². The second kappa shape index (κ2) is 10.5. The van der Waals surface area contributed by atoms with Crippen LogP contribution in [0.15, 0.2) is 53.5 Å². The van der Waals surface area contributed by atoms with Gasteiger partial charge in [-0.15, -0.1) is 24.0 Å². The molecular weight excluding hydrogens is 431 g/mol. The van der Waals surface area contributed by atoms with Crippen LogP contribution >= 0.6 is 24.0 Å². The number of guanidine groups is 1. The lowest BCUT2D eigenvalue weighted by Gasteiger charge is -2.07. The van der Waals surface area contributed by atoms with Gasteiger partial charge in [-0.25, -0.2) is 9.79 Å². The fraction of sp³-hybridized carbons (Fsp3) is 0.222. The van der Waals surface area contributed by atoms with Gasteiger partial charge in [-0.05, 0) is 41.8 Å². The molecule has 7 heteroatoms. The Labute approximate surface area is 164 Å². The van der Waals surface area contributed by atoms with Crippen molar-refractivity contribution in [2.45, 2.75) is 19.9 Å². The highest BCUT2D eigenvalue weighted by Crippen LogP contribution is 2.12.